The molecule has 24 heteroatoms. The van der Waals surface area contributed by atoms with Crippen LogP contribution in [0.1, 0.15) is 12.5 Å². The van der Waals surface area contributed by atoms with Gasteiger partial charge in [-0.2, -0.15) is 5.10 Å². The molecule has 4 aromatic rings. The second-order valence-electron chi connectivity index (χ2n) is 10.7. The standard InChI is InChI=1S/C21H23N9O11P2S2/c22-16-11-17(24-5-23-16)30(7-26-11)20-14-15-21(39-20,3-35-14)4-37-43(34,45)40-13-12(31)9(2-36-42(33,44)41-15)38-19(13)29-6-25-10-8(29)1-27-28-18(10)32/h1,5-7,9,12-15,19-20,31H,2-4H2,(H,28,32)(H,33,44)(H,34,45)(H2,22,23,24)/t9-,12-,13-,14-,15+,19-,20-,21-,42?,43?/m1/s1. The zero-order valence-electron chi connectivity index (χ0n) is 22.5. The van der Waals surface area contributed by atoms with Crippen molar-refractivity contribution in [1.29, 1.82) is 0 Å². The van der Waals surface area contributed by atoms with Gasteiger partial charge in [0, 0.05) is 0 Å². The maximum Gasteiger partial charge on any atom is 0.386 e. The van der Waals surface area contributed by atoms with E-state index in [1.165, 1.54) is 29.7 Å². The van der Waals surface area contributed by atoms with Crippen LogP contribution in [0.15, 0.2) is 30.0 Å². The Morgan fingerprint density at radius 1 is 1.09 bits per heavy atom. The van der Waals surface area contributed by atoms with Crippen LogP contribution >= 0.6 is 25.8 Å². The average Bonchev–Trinajstić information content (AvgIpc) is 3.80. The molecule has 2 unspecified atom stereocenters. The molecule has 4 saturated heterocycles. The molecule has 4 aliphatic heterocycles. The van der Waals surface area contributed by atoms with Crippen LogP contribution in [0, 0.1) is 0 Å². The lowest BCUT2D eigenvalue weighted by Gasteiger charge is -2.33. The Balaban J connectivity index is 1.14. The van der Waals surface area contributed by atoms with E-state index < -0.39 is 80.9 Å². The molecule has 4 aliphatic rings. The summed E-state index contributed by atoms with van der Waals surface area (Å²) in [6.07, 6.45) is -2.89. The number of hydrogen-bond donors (Lipinski definition) is 5. The van der Waals surface area contributed by atoms with Crippen molar-refractivity contribution in [1.82, 2.24) is 39.3 Å². The normalized spacial score (nSPS) is 40.3. The van der Waals surface area contributed by atoms with Gasteiger partial charge in [-0.05, 0) is 11.8 Å². The van der Waals surface area contributed by atoms with E-state index in [1.54, 1.807) is 4.57 Å². The van der Waals surface area contributed by atoms with E-state index in [9.17, 15) is 19.4 Å². The van der Waals surface area contributed by atoms with Gasteiger partial charge in [0.25, 0.3) is 5.56 Å². The van der Waals surface area contributed by atoms with Crippen LogP contribution in [0.4, 0.5) is 5.82 Å². The van der Waals surface area contributed by atoms with Gasteiger partial charge in [-0.3, -0.25) is 27.5 Å². The summed E-state index contributed by atoms with van der Waals surface area (Å²) in [5, 5.41) is 17.3. The molecule has 4 fully saturated rings. The lowest BCUT2D eigenvalue weighted by Crippen LogP contribution is -2.45. The van der Waals surface area contributed by atoms with Crippen LogP contribution in [-0.2, 0) is 48.7 Å². The molecular weight excluding hydrogens is 680 g/mol. The highest BCUT2D eigenvalue weighted by Gasteiger charge is 2.65. The largest absolute Gasteiger partial charge is 0.387 e. The highest BCUT2D eigenvalue weighted by molar-refractivity contribution is 8.44. The van der Waals surface area contributed by atoms with Gasteiger partial charge < -0.3 is 34.5 Å². The Bertz CT molecular complexity index is 1980. The summed E-state index contributed by atoms with van der Waals surface area (Å²) in [6.45, 7) is -9.47. The molecular formula is C21H23N9O11P2S2. The Kier molecular flexibility index (Phi) is 7.01. The van der Waals surface area contributed by atoms with E-state index in [1.807, 2.05) is 0 Å². The van der Waals surface area contributed by atoms with Gasteiger partial charge in [-0.15, -0.1) is 0 Å². The van der Waals surface area contributed by atoms with Crippen molar-refractivity contribution in [2.45, 2.75) is 48.6 Å². The number of aromatic amines is 1. The SMILES string of the molecule is Nc1ncnc2c1ncn2[C@@H]1O[C@@]23CO[C@@H]1[C@@H]2OP(=O)(S)OC[C@H]1O[C@@H](n2cnc4c(=O)[nH]ncc42)[C@H](OP(O)(=S)OC3)[C@@H]1O. The molecule has 4 aromatic heterocycles. The minimum atomic E-state index is -4.22. The number of rotatable bonds is 2. The number of nitrogens with one attached hydrogen (secondary N) is 1. The topological polar surface area (TPSA) is 255 Å². The molecule has 8 rings (SSSR count). The average molecular weight is 704 g/mol. The first-order valence-corrected chi connectivity index (χ1v) is 18.5. The van der Waals surface area contributed by atoms with Crippen molar-refractivity contribution in [2.24, 2.45) is 0 Å². The third kappa shape index (κ3) is 4.87. The smallest absolute Gasteiger partial charge is 0.386 e. The van der Waals surface area contributed by atoms with Gasteiger partial charge in [0.05, 0.1) is 44.2 Å². The Morgan fingerprint density at radius 2 is 1.89 bits per heavy atom. The zero-order valence-corrected chi connectivity index (χ0v) is 26.0. The molecule has 10 atom stereocenters. The predicted molar refractivity (Wildman–Crippen MR) is 155 cm³/mol. The molecule has 0 amide bonds. The van der Waals surface area contributed by atoms with Gasteiger partial charge in [0.15, 0.2) is 29.4 Å². The number of ether oxygens (including phenoxy) is 3. The molecule has 20 nitrogen and oxygen atoms in total. The van der Waals surface area contributed by atoms with E-state index in [2.05, 4.69) is 42.4 Å². The van der Waals surface area contributed by atoms with Crippen LogP contribution in [0.5, 0.6) is 0 Å². The van der Waals surface area contributed by atoms with E-state index in [0.717, 1.165) is 0 Å². The maximum absolute atomic E-state index is 13.6. The number of aromatic nitrogens is 8. The summed E-state index contributed by atoms with van der Waals surface area (Å²) in [5.41, 5.74) is 4.84. The van der Waals surface area contributed by atoms with Gasteiger partial charge in [-0.25, -0.2) is 29.6 Å². The molecule has 0 saturated carbocycles. The third-order valence-electron chi connectivity index (χ3n) is 8.00. The number of hydrogen-bond acceptors (Lipinski definition) is 17. The Labute approximate surface area is 261 Å². The number of anilines is 1. The first-order valence-electron chi connectivity index (χ1n) is 13.2. The zero-order chi connectivity index (χ0) is 31.3. The Morgan fingerprint density at radius 3 is 2.73 bits per heavy atom. The molecule has 0 aliphatic carbocycles. The van der Waals surface area contributed by atoms with Crippen molar-refractivity contribution in [3.05, 3.63) is 35.5 Å². The van der Waals surface area contributed by atoms with Crippen molar-refractivity contribution < 1.29 is 46.9 Å². The van der Waals surface area contributed by atoms with Crippen molar-refractivity contribution in [3.8, 4) is 0 Å². The highest BCUT2D eigenvalue weighted by atomic mass is 32.7. The molecule has 8 heterocycles. The third-order valence-corrected chi connectivity index (χ3v) is 11.1. The second kappa shape index (κ2) is 10.5. The number of thiol groups is 1. The molecule has 0 spiro atoms. The van der Waals surface area contributed by atoms with Crippen LogP contribution < -0.4 is 11.3 Å². The van der Waals surface area contributed by atoms with Crippen LogP contribution in [0.25, 0.3) is 22.2 Å². The summed E-state index contributed by atoms with van der Waals surface area (Å²) in [6, 6.07) is 0. The van der Waals surface area contributed by atoms with Gasteiger partial charge in [0.1, 0.15) is 48.0 Å². The van der Waals surface area contributed by atoms with Crippen LogP contribution in [-0.4, -0.2) is 105 Å². The molecule has 240 valence electrons. The number of aliphatic hydroxyl groups excluding tert-OH is 1. The van der Waals surface area contributed by atoms with Gasteiger partial charge in [-0.1, -0.05) is 12.2 Å². The van der Waals surface area contributed by atoms with Crippen molar-refractivity contribution in [2.75, 3.05) is 25.6 Å². The minimum absolute atomic E-state index is 0.0394. The first kappa shape index (κ1) is 29.9. The van der Waals surface area contributed by atoms with Crippen LogP contribution in [0.2, 0.25) is 0 Å². The van der Waals surface area contributed by atoms with Crippen molar-refractivity contribution in [3.63, 3.8) is 0 Å². The maximum atomic E-state index is 13.6. The number of fused-ring (bicyclic) bond motifs is 4. The van der Waals surface area contributed by atoms with E-state index >= 15 is 0 Å². The van der Waals surface area contributed by atoms with Crippen LogP contribution in [0.3, 0.4) is 0 Å². The van der Waals surface area contributed by atoms with E-state index in [0.29, 0.717) is 11.2 Å². The summed E-state index contributed by atoms with van der Waals surface area (Å²) in [7, 11) is 0. The quantitative estimate of drug-likeness (QED) is 0.131. The summed E-state index contributed by atoms with van der Waals surface area (Å²) < 4.78 is 58.1. The number of nitrogens with zero attached hydrogens (tertiary/aromatic N) is 7. The summed E-state index contributed by atoms with van der Waals surface area (Å²) >= 11 is 9.53. The minimum Gasteiger partial charge on any atom is -0.387 e. The van der Waals surface area contributed by atoms with Gasteiger partial charge >= 0.3 is 13.5 Å². The van der Waals surface area contributed by atoms with Crippen molar-refractivity contribution >= 4 is 65.6 Å². The predicted octanol–water partition coefficient (Wildman–Crippen LogP) is -0.462. The number of nitrogens with two attached hydrogens (primary N) is 1. The van der Waals surface area contributed by atoms with Gasteiger partial charge in [0.2, 0.25) is 0 Å². The fraction of sp³-hybridized carbons (Fsp3) is 0.524. The molecule has 5 N–H and O–H groups in total. The Hall–Kier alpha value is -2.43. The number of imidazole rings is 2. The second-order valence-corrected chi connectivity index (χ2v) is 16.3. The molecule has 0 radical (unpaired) electrons. The monoisotopic (exact) mass is 703 g/mol. The number of nitrogen functional groups attached to an aromatic ring is 1. The fourth-order valence-corrected chi connectivity index (χ4v) is 8.86. The molecule has 45 heavy (non-hydrogen) atoms. The number of aliphatic hydroxyl groups is 1. The summed E-state index contributed by atoms with van der Waals surface area (Å²) in [5.74, 6) is 0.151. The lowest BCUT2D eigenvalue weighted by molar-refractivity contribution is -0.183. The highest BCUT2D eigenvalue weighted by Crippen LogP contribution is 2.61. The number of H-pyrrole nitrogens is 1. The molecule has 4 bridgehead atoms. The fourth-order valence-electron chi connectivity index (χ4n) is 5.92. The first-order chi connectivity index (χ1) is 21.5. The lowest BCUT2D eigenvalue weighted by atomic mass is 10.0. The van der Waals surface area contributed by atoms with E-state index in [-0.39, 0.29) is 23.5 Å². The molecule has 0 aromatic carbocycles. The summed E-state index contributed by atoms with van der Waals surface area (Å²) in [4.78, 5) is 40.0. The van der Waals surface area contributed by atoms with E-state index in [4.69, 9.17) is 49.8 Å².